The van der Waals surface area contributed by atoms with E-state index >= 15 is 0 Å². The highest BCUT2D eigenvalue weighted by Gasteiger charge is 2.28. The molecule has 0 aliphatic heterocycles. The number of rotatable bonds is 2. The summed E-state index contributed by atoms with van der Waals surface area (Å²) in [5.41, 5.74) is 4.07. The van der Waals surface area contributed by atoms with E-state index in [0.717, 1.165) is 12.3 Å². The van der Waals surface area contributed by atoms with E-state index in [1.165, 1.54) is 39.5 Å². The highest BCUT2D eigenvalue weighted by atomic mass is 79.9. The maximum Gasteiger partial charge on any atom is 0.0468 e. The van der Waals surface area contributed by atoms with E-state index < -0.39 is 0 Å². The van der Waals surface area contributed by atoms with Crippen LogP contribution in [0.25, 0.3) is 10.9 Å². The first kappa shape index (κ1) is 9.46. The molecule has 0 atom stereocenters. The monoisotopic (exact) mass is 263 g/mol. The number of nitrogens with one attached hydrogen (secondary N) is 1. The van der Waals surface area contributed by atoms with Crippen LogP contribution >= 0.6 is 15.9 Å². The third-order valence-electron chi connectivity index (χ3n) is 3.22. The zero-order valence-corrected chi connectivity index (χ0v) is 10.4. The SMILES string of the molecule is CCc1ccc2[nH]c(C3CC3)c(Br)c2c1. The van der Waals surface area contributed by atoms with Crippen molar-refractivity contribution in [1.82, 2.24) is 4.98 Å². The Balaban J connectivity index is 2.21. The number of benzene rings is 1. The molecule has 78 valence electrons. The zero-order valence-electron chi connectivity index (χ0n) is 8.81. The second-order valence-corrected chi connectivity index (χ2v) is 5.15. The summed E-state index contributed by atoms with van der Waals surface area (Å²) in [6, 6.07) is 6.70. The standard InChI is InChI=1S/C13H14BrN/c1-2-8-3-6-11-10(7-8)12(14)13(15-11)9-4-5-9/h3,6-7,9,15H,2,4-5H2,1H3. The lowest BCUT2D eigenvalue weighted by Gasteiger charge is -1.96. The predicted octanol–water partition coefficient (Wildman–Crippen LogP) is 4.37. The van der Waals surface area contributed by atoms with Gasteiger partial charge in [0.25, 0.3) is 0 Å². The molecule has 3 rings (SSSR count). The van der Waals surface area contributed by atoms with E-state index in [1.807, 2.05) is 0 Å². The smallest absolute Gasteiger partial charge is 0.0468 e. The number of aromatic amines is 1. The molecule has 1 fully saturated rings. The number of fused-ring (bicyclic) bond motifs is 1. The van der Waals surface area contributed by atoms with Crippen molar-refractivity contribution in [2.45, 2.75) is 32.1 Å². The molecule has 2 heteroatoms. The van der Waals surface area contributed by atoms with E-state index in [0.29, 0.717) is 0 Å². The van der Waals surface area contributed by atoms with E-state index in [9.17, 15) is 0 Å². The molecule has 1 nitrogen and oxygen atoms in total. The maximum absolute atomic E-state index is 3.72. The summed E-state index contributed by atoms with van der Waals surface area (Å²) in [7, 11) is 0. The van der Waals surface area contributed by atoms with Gasteiger partial charge in [-0.15, -0.1) is 0 Å². The zero-order chi connectivity index (χ0) is 10.4. The Bertz CT molecular complexity index is 508. The number of halogens is 1. The molecule has 0 bridgehead atoms. The van der Waals surface area contributed by atoms with Crippen LogP contribution in [0, 0.1) is 0 Å². The van der Waals surface area contributed by atoms with Crippen molar-refractivity contribution < 1.29 is 0 Å². The minimum atomic E-state index is 0.775. The minimum Gasteiger partial charge on any atom is -0.357 e. The van der Waals surface area contributed by atoms with Gasteiger partial charge in [0, 0.05) is 27.0 Å². The molecule has 1 aliphatic carbocycles. The lowest BCUT2D eigenvalue weighted by atomic mass is 10.1. The van der Waals surface area contributed by atoms with Gasteiger partial charge >= 0.3 is 0 Å². The van der Waals surface area contributed by atoms with Gasteiger partial charge < -0.3 is 4.98 Å². The highest BCUT2D eigenvalue weighted by Crippen LogP contribution is 2.45. The van der Waals surface area contributed by atoms with Gasteiger partial charge in [-0.2, -0.15) is 0 Å². The van der Waals surface area contributed by atoms with Crippen LogP contribution < -0.4 is 0 Å². The first-order valence-electron chi connectivity index (χ1n) is 5.59. The summed E-state index contributed by atoms with van der Waals surface area (Å²) in [6.07, 6.45) is 3.78. The van der Waals surface area contributed by atoms with Crippen molar-refractivity contribution in [3.05, 3.63) is 33.9 Å². The van der Waals surface area contributed by atoms with Crippen LogP contribution in [0.5, 0.6) is 0 Å². The molecule has 0 radical (unpaired) electrons. The van der Waals surface area contributed by atoms with Crippen LogP contribution in [0.1, 0.15) is 36.9 Å². The average molecular weight is 264 g/mol. The summed E-state index contributed by atoms with van der Waals surface area (Å²) >= 11 is 3.72. The Morgan fingerprint density at radius 1 is 1.40 bits per heavy atom. The Morgan fingerprint density at radius 3 is 2.87 bits per heavy atom. The normalized spacial score (nSPS) is 16.1. The molecule has 0 amide bonds. The van der Waals surface area contributed by atoms with Gasteiger partial charge in [-0.25, -0.2) is 0 Å². The molecule has 1 heterocycles. The number of hydrogen-bond donors (Lipinski definition) is 1. The molecule has 2 aromatic rings. The molecule has 0 saturated heterocycles. The van der Waals surface area contributed by atoms with Crippen LogP contribution in [-0.4, -0.2) is 4.98 Å². The van der Waals surface area contributed by atoms with Crippen molar-refractivity contribution >= 4 is 26.8 Å². The molecule has 1 aromatic heterocycles. The molecule has 15 heavy (non-hydrogen) atoms. The molecule has 0 unspecified atom stereocenters. The van der Waals surface area contributed by atoms with Crippen LogP contribution in [0.4, 0.5) is 0 Å². The summed E-state index contributed by atoms with van der Waals surface area (Å²) in [5, 5.41) is 1.34. The first-order chi connectivity index (χ1) is 7.29. The van der Waals surface area contributed by atoms with Crippen molar-refractivity contribution in [1.29, 1.82) is 0 Å². The van der Waals surface area contributed by atoms with Crippen molar-refractivity contribution in [3.8, 4) is 0 Å². The van der Waals surface area contributed by atoms with E-state index in [4.69, 9.17) is 0 Å². The molecule has 1 N–H and O–H groups in total. The number of H-pyrrole nitrogens is 1. The summed E-state index contributed by atoms with van der Waals surface area (Å²) in [5.74, 6) is 0.775. The lowest BCUT2D eigenvalue weighted by Crippen LogP contribution is -1.77. The third-order valence-corrected chi connectivity index (χ3v) is 4.07. The lowest BCUT2D eigenvalue weighted by molar-refractivity contribution is 1.05. The number of aryl methyl sites for hydroxylation is 1. The number of aromatic nitrogens is 1. The van der Waals surface area contributed by atoms with Gasteiger partial charge in [0.15, 0.2) is 0 Å². The average Bonchev–Trinajstić information content (AvgIpc) is 3.05. The molecule has 1 saturated carbocycles. The number of hydrogen-bond acceptors (Lipinski definition) is 0. The predicted molar refractivity (Wildman–Crippen MR) is 67.4 cm³/mol. The van der Waals surface area contributed by atoms with Crippen molar-refractivity contribution in [2.24, 2.45) is 0 Å². The second kappa shape index (κ2) is 3.38. The Morgan fingerprint density at radius 2 is 2.20 bits per heavy atom. The summed E-state index contributed by atoms with van der Waals surface area (Å²) in [4.78, 5) is 3.53. The largest absolute Gasteiger partial charge is 0.357 e. The fraction of sp³-hybridized carbons (Fsp3) is 0.385. The maximum atomic E-state index is 3.72. The molecular weight excluding hydrogens is 250 g/mol. The van der Waals surface area contributed by atoms with E-state index in [-0.39, 0.29) is 0 Å². The van der Waals surface area contributed by atoms with Gasteiger partial charge in [-0.1, -0.05) is 13.0 Å². The topological polar surface area (TPSA) is 15.8 Å². The van der Waals surface area contributed by atoms with Crippen LogP contribution in [0.2, 0.25) is 0 Å². The first-order valence-corrected chi connectivity index (χ1v) is 6.39. The minimum absolute atomic E-state index is 0.775. The third kappa shape index (κ3) is 1.51. The second-order valence-electron chi connectivity index (χ2n) is 4.36. The van der Waals surface area contributed by atoms with Crippen LogP contribution in [0.3, 0.4) is 0 Å². The Labute approximate surface area is 98.0 Å². The van der Waals surface area contributed by atoms with Gasteiger partial charge in [-0.3, -0.25) is 0 Å². The fourth-order valence-corrected chi connectivity index (χ4v) is 2.85. The molecule has 0 spiro atoms. The highest BCUT2D eigenvalue weighted by molar-refractivity contribution is 9.10. The molecule has 1 aromatic carbocycles. The molecular formula is C13H14BrN. The Hall–Kier alpha value is -0.760. The van der Waals surface area contributed by atoms with Gasteiger partial charge in [0.05, 0.1) is 0 Å². The van der Waals surface area contributed by atoms with Crippen molar-refractivity contribution in [3.63, 3.8) is 0 Å². The fourth-order valence-electron chi connectivity index (χ4n) is 2.10. The quantitative estimate of drug-likeness (QED) is 0.829. The van der Waals surface area contributed by atoms with Gasteiger partial charge in [0.2, 0.25) is 0 Å². The summed E-state index contributed by atoms with van der Waals surface area (Å²) in [6.45, 7) is 2.20. The van der Waals surface area contributed by atoms with Crippen LogP contribution in [-0.2, 0) is 6.42 Å². The van der Waals surface area contributed by atoms with Gasteiger partial charge in [-0.05, 0) is 52.9 Å². The van der Waals surface area contributed by atoms with Gasteiger partial charge in [0.1, 0.15) is 0 Å². The van der Waals surface area contributed by atoms with E-state index in [1.54, 1.807) is 0 Å². The molecule has 1 aliphatic rings. The Kier molecular flexibility index (Phi) is 2.13. The summed E-state index contributed by atoms with van der Waals surface area (Å²) < 4.78 is 1.29. The van der Waals surface area contributed by atoms with E-state index in [2.05, 4.69) is 46.0 Å². The van der Waals surface area contributed by atoms with Crippen LogP contribution in [0.15, 0.2) is 22.7 Å². The van der Waals surface area contributed by atoms with Crippen molar-refractivity contribution in [2.75, 3.05) is 0 Å².